The van der Waals surface area contributed by atoms with Crippen molar-refractivity contribution < 1.29 is 4.79 Å². The van der Waals surface area contributed by atoms with Crippen LogP contribution in [0.25, 0.3) is 0 Å². The standard InChI is InChI=1S/C12H20N2OS/c1-8-7-16-5-4-14(8)12(15)10-6-9-2-3-11(10)13-9/h8-11,13H,2-7H2,1H3. The average molecular weight is 240 g/mol. The number of hydrogen-bond donors (Lipinski definition) is 1. The zero-order valence-corrected chi connectivity index (χ0v) is 10.6. The second-order valence-corrected chi connectivity index (χ2v) is 6.50. The third-order valence-corrected chi connectivity index (χ3v) is 5.46. The summed E-state index contributed by atoms with van der Waals surface area (Å²) in [6, 6.07) is 1.55. The van der Waals surface area contributed by atoms with Gasteiger partial charge in [-0.2, -0.15) is 11.8 Å². The van der Waals surface area contributed by atoms with Gasteiger partial charge in [-0.1, -0.05) is 0 Å². The Morgan fingerprint density at radius 1 is 1.44 bits per heavy atom. The number of amides is 1. The van der Waals surface area contributed by atoms with Crippen LogP contribution < -0.4 is 5.32 Å². The summed E-state index contributed by atoms with van der Waals surface area (Å²) in [6.07, 6.45) is 3.57. The molecule has 2 bridgehead atoms. The van der Waals surface area contributed by atoms with Gasteiger partial charge in [0.1, 0.15) is 0 Å². The minimum Gasteiger partial charge on any atom is -0.338 e. The van der Waals surface area contributed by atoms with Gasteiger partial charge < -0.3 is 10.2 Å². The molecule has 3 nitrogen and oxygen atoms in total. The van der Waals surface area contributed by atoms with E-state index in [1.165, 1.54) is 12.8 Å². The molecular formula is C12H20N2OS. The monoisotopic (exact) mass is 240 g/mol. The molecule has 3 aliphatic heterocycles. The molecule has 0 radical (unpaired) electrons. The molecule has 1 amide bonds. The highest BCUT2D eigenvalue weighted by Crippen LogP contribution is 2.35. The first-order valence-electron chi connectivity index (χ1n) is 6.40. The van der Waals surface area contributed by atoms with Crippen LogP contribution in [0.4, 0.5) is 0 Å². The lowest BCUT2D eigenvalue weighted by molar-refractivity contribution is -0.137. The Labute approximate surface area is 101 Å². The van der Waals surface area contributed by atoms with Gasteiger partial charge in [0.25, 0.3) is 0 Å². The van der Waals surface area contributed by atoms with Gasteiger partial charge in [-0.25, -0.2) is 0 Å². The van der Waals surface area contributed by atoms with E-state index in [2.05, 4.69) is 17.1 Å². The van der Waals surface area contributed by atoms with Crippen molar-refractivity contribution in [2.45, 2.75) is 44.3 Å². The SMILES string of the molecule is CC1CSCCN1C(=O)C1CC2CCC1N2. The van der Waals surface area contributed by atoms with Crippen LogP contribution in [0.1, 0.15) is 26.2 Å². The van der Waals surface area contributed by atoms with Gasteiger partial charge in [0.05, 0.1) is 5.92 Å². The van der Waals surface area contributed by atoms with Crippen molar-refractivity contribution in [1.82, 2.24) is 10.2 Å². The molecule has 16 heavy (non-hydrogen) atoms. The first-order valence-corrected chi connectivity index (χ1v) is 7.55. The molecule has 4 heteroatoms. The first kappa shape index (κ1) is 10.9. The molecule has 90 valence electrons. The number of hydrogen-bond acceptors (Lipinski definition) is 3. The quantitative estimate of drug-likeness (QED) is 0.745. The van der Waals surface area contributed by atoms with Crippen molar-refractivity contribution in [1.29, 1.82) is 0 Å². The fourth-order valence-electron chi connectivity index (χ4n) is 3.36. The Morgan fingerprint density at radius 2 is 2.31 bits per heavy atom. The van der Waals surface area contributed by atoms with E-state index >= 15 is 0 Å². The van der Waals surface area contributed by atoms with Crippen LogP contribution in [-0.4, -0.2) is 47.0 Å². The van der Waals surface area contributed by atoms with E-state index in [0.717, 1.165) is 24.5 Å². The zero-order chi connectivity index (χ0) is 11.1. The van der Waals surface area contributed by atoms with Crippen molar-refractivity contribution >= 4 is 17.7 Å². The fraction of sp³-hybridized carbons (Fsp3) is 0.917. The van der Waals surface area contributed by atoms with Crippen molar-refractivity contribution in [3.63, 3.8) is 0 Å². The van der Waals surface area contributed by atoms with Crippen molar-refractivity contribution in [3.05, 3.63) is 0 Å². The Morgan fingerprint density at radius 3 is 2.94 bits per heavy atom. The second-order valence-electron chi connectivity index (χ2n) is 5.35. The molecule has 3 saturated heterocycles. The van der Waals surface area contributed by atoms with E-state index in [9.17, 15) is 4.79 Å². The minimum atomic E-state index is 0.282. The summed E-state index contributed by atoms with van der Waals surface area (Å²) in [7, 11) is 0. The lowest BCUT2D eigenvalue weighted by Gasteiger charge is -2.36. The molecule has 0 aliphatic carbocycles. The number of nitrogens with one attached hydrogen (secondary N) is 1. The highest BCUT2D eigenvalue weighted by atomic mass is 32.2. The highest BCUT2D eigenvalue weighted by molar-refractivity contribution is 7.99. The van der Waals surface area contributed by atoms with Crippen LogP contribution >= 0.6 is 11.8 Å². The van der Waals surface area contributed by atoms with E-state index in [1.807, 2.05) is 11.8 Å². The summed E-state index contributed by atoms with van der Waals surface area (Å²) in [6.45, 7) is 3.14. The lowest BCUT2D eigenvalue weighted by atomic mass is 9.88. The second kappa shape index (κ2) is 4.22. The molecule has 3 aliphatic rings. The predicted molar refractivity (Wildman–Crippen MR) is 66.6 cm³/mol. The molecule has 0 aromatic carbocycles. The van der Waals surface area contributed by atoms with Gasteiger partial charge in [-0.15, -0.1) is 0 Å². The minimum absolute atomic E-state index is 0.282. The Bertz CT molecular complexity index is 293. The molecule has 4 unspecified atom stereocenters. The number of carbonyl (C=O) groups excluding carboxylic acids is 1. The summed E-state index contributed by atoms with van der Waals surface area (Å²) >= 11 is 1.97. The third-order valence-electron chi connectivity index (χ3n) is 4.27. The molecule has 0 aromatic heterocycles. The van der Waals surface area contributed by atoms with Crippen LogP contribution in [0.2, 0.25) is 0 Å². The summed E-state index contributed by atoms with van der Waals surface area (Å²) < 4.78 is 0. The normalized spacial score (nSPS) is 42.7. The molecular weight excluding hydrogens is 220 g/mol. The molecule has 4 atom stereocenters. The summed E-state index contributed by atoms with van der Waals surface area (Å²) in [5, 5.41) is 3.56. The molecule has 3 heterocycles. The Kier molecular flexibility index (Phi) is 2.88. The maximum absolute atomic E-state index is 12.5. The van der Waals surface area contributed by atoms with Crippen LogP contribution in [-0.2, 0) is 4.79 Å². The van der Waals surface area contributed by atoms with Crippen molar-refractivity contribution in [2.75, 3.05) is 18.1 Å². The van der Waals surface area contributed by atoms with Gasteiger partial charge in [0, 0.05) is 36.2 Å². The van der Waals surface area contributed by atoms with Gasteiger partial charge in [0.15, 0.2) is 0 Å². The maximum atomic E-state index is 12.5. The maximum Gasteiger partial charge on any atom is 0.227 e. The molecule has 3 fully saturated rings. The summed E-state index contributed by atoms with van der Waals surface area (Å²) in [5.41, 5.74) is 0. The van der Waals surface area contributed by atoms with Crippen LogP contribution in [0.15, 0.2) is 0 Å². The third kappa shape index (κ3) is 1.76. The van der Waals surface area contributed by atoms with Crippen LogP contribution in [0, 0.1) is 5.92 Å². The fourth-order valence-corrected chi connectivity index (χ4v) is 4.38. The first-order chi connectivity index (χ1) is 7.75. The van der Waals surface area contributed by atoms with Gasteiger partial charge in [0.2, 0.25) is 5.91 Å². The van der Waals surface area contributed by atoms with E-state index in [1.54, 1.807) is 0 Å². The molecule has 1 N–H and O–H groups in total. The van der Waals surface area contributed by atoms with E-state index < -0.39 is 0 Å². The number of rotatable bonds is 1. The van der Waals surface area contributed by atoms with Gasteiger partial charge >= 0.3 is 0 Å². The topological polar surface area (TPSA) is 32.3 Å². The summed E-state index contributed by atoms with van der Waals surface area (Å²) in [5.74, 6) is 2.93. The predicted octanol–water partition coefficient (Wildman–Crippen LogP) is 1.09. The molecule has 3 rings (SSSR count). The number of carbonyl (C=O) groups is 1. The Balaban J connectivity index is 1.68. The number of thioether (sulfide) groups is 1. The average Bonchev–Trinajstić information content (AvgIpc) is 2.90. The van der Waals surface area contributed by atoms with Crippen LogP contribution in [0.3, 0.4) is 0 Å². The molecule has 0 spiro atoms. The molecule has 0 aromatic rings. The van der Waals surface area contributed by atoms with Crippen molar-refractivity contribution in [3.8, 4) is 0 Å². The summed E-state index contributed by atoms with van der Waals surface area (Å²) in [4.78, 5) is 14.6. The van der Waals surface area contributed by atoms with E-state index in [4.69, 9.17) is 0 Å². The lowest BCUT2D eigenvalue weighted by Crippen LogP contribution is -2.49. The highest BCUT2D eigenvalue weighted by Gasteiger charge is 2.44. The van der Waals surface area contributed by atoms with Gasteiger partial charge in [-0.3, -0.25) is 4.79 Å². The van der Waals surface area contributed by atoms with Gasteiger partial charge in [-0.05, 0) is 26.2 Å². The van der Waals surface area contributed by atoms with E-state index in [0.29, 0.717) is 24.0 Å². The zero-order valence-electron chi connectivity index (χ0n) is 9.82. The smallest absolute Gasteiger partial charge is 0.227 e. The number of nitrogens with zero attached hydrogens (tertiary/aromatic N) is 1. The Hall–Kier alpha value is -0.220. The van der Waals surface area contributed by atoms with E-state index in [-0.39, 0.29) is 5.92 Å². The largest absolute Gasteiger partial charge is 0.338 e. The molecule has 0 saturated carbocycles. The van der Waals surface area contributed by atoms with Crippen molar-refractivity contribution in [2.24, 2.45) is 5.92 Å². The van der Waals surface area contributed by atoms with Crippen LogP contribution in [0.5, 0.6) is 0 Å². The number of fused-ring (bicyclic) bond motifs is 2.